The van der Waals surface area contributed by atoms with Gasteiger partial charge in [0.15, 0.2) is 11.6 Å². The van der Waals surface area contributed by atoms with E-state index in [9.17, 15) is 4.39 Å². The number of fused-ring (bicyclic) bond motifs is 1. The molecule has 0 saturated heterocycles. The maximum atomic E-state index is 13.6. The Balaban J connectivity index is 2.02. The van der Waals surface area contributed by atoms with Gasteiger partial charge in [-0.05, 0) is 36.7 Å². The van der Waals surface area contributed by atoms with E-state index in [1.807, 2.05) is 32.2 Å². The Bertz CT molecular complexity index is 799. The van der Waals surface area contributed by atoms with Gasteiger partial charge < -0.3 is 5.32 Å². The SMILES string of the molecule is Cc1nn(C)c2cc(Nc3nc(Cl)ncc3F)ccc12. The molecule has 3 aromatic rings. The van der Waals surface area contributed by atoms with Crippen LogP contribution in [0.5, 0.6) is 0 Å². The second-order valence-corrected chi connectivity index (χ2v) is 4.74. The summed E-state index contributed by atoms with van der Waals surface area (Å²) in [5.41, 5.74) is 2.60. The largest absolute Gasteiger partial charge is 0.338 e. The minimum absolute atomic E-state index is 0.00800. The lowest BCUT2D eigenvalue weighted by molar-refractivity contribution is 0.619. The number of aryl methyl sites for hydroxylation is 2. The molecule has 0 saturated carbocycles. The van der Waals surface area contributed by atoms with E-state index in [1.165, 1.54) is 0 Å². The topological polar surface area (TPSA) is 55.6 Å². The van der Waals surface area contributed by atoms with E-state index in [0.717, 1.165) is 22.8 Å². The van der Waals surface area contributed by atoms with Gasteiger partial charge in [-0.3, -0.25) is 4.68 Å². The Kier molecular flexibility index (Phi) is 3.02. The van der Waals surface area contributed by atoms with E-state index in [1.54, 1.807) is 4.68 Å². The number of aromatic nitrogens is 4. The number of hydrogen-bond acceptors (Lipinski definition) is 4. The molecule has 20 heavy (non-hydrogen) atoms. The minimum Gasteiger partial charge on any atom is -0.338 e. The molecule has 0 aliphatic carbocycles. The Morgan fingerprint density at radius 2 is 2.15 bits per heavy atom. The Morgan fingerprint density at radius 3 is 2.95 bits per heavy atom. The molecule has 2 aromatic heterocycles. The maximum absolute atomic E-state index is 13.6. The summed E-state index contributed by atoms with van der Waals surface area (Å²) in [5, 5.41) is 8.27. The molecule has 0 aliphatic rings. The Labute approximate surface area is 119 Å². The van der Waals surface area contributed by atoms with E-state index in [0.29, 0.717) is 5.69 Å². The molecule has 0 atom stereocenters. The third kappa shape index (κ3) is 2.18. The first-order valence-corrected chi connectivity index (χ1v) is 6.31. The molecule has 0 aliphatic heterocycles. The summed E-state index contributed by atoms with van der Waals surface area (Å²) in [6.07, 6.45) is 1.03. The highest BCUT2D eigenvalue weighted by atomic mass is 35.5. The minimum atomic E-state index is -0.560. The molecule has 5 nitrogen and oxygen atoms in total. The summed E-state index contributed by atoms with van der Waals surface area (Å²) < 4.78 is 15.4. The van der Waals surface area contributed by atoms with E-state index < -0.39 is 5.82 Å². The van der Waals surface area contributed by atoms with Gasteiger partial charge in [0.1, 0.15) is 0 Å². The molecule has 7 heteroatoms. The standard InChI is InChI=1S/C13H11ClFN5/c1-7-9-4-3-8(5-11(9)20(2)19-7)17-12-10(15)6-16-13(14)18-12/h3-6H,1-2H3,(H,16,17,18). The van der Waals surface area contributed by atoms with Crippen molar-refractivity contribution in [1.29, 1.82) is 0 Å². The van der Waals surface area contributed by atoms with Crippen LogP contribution in [-0.4, -0.2) is 19.7 Å². The van der Waals surface area contributed by atoms with Gasteiger partial charge in [-0.1, -0.05) is 0 Å². The van der Waals surface area contributed by atoms with E-state index in [4.69, 9.17) is 11.6 Å². The first-order valence-electron chi connectivity index (χ1n) is 5.93. The average molecular weight is 292 g/mol. The van der Waals surface area contributed by atoms with Crippen molar-refractivity contribution in [2.75, 3.05) is 5.32 Å². The predicted molar refractivity (Wildman–Crippen MR) is 75.7 cm³/mol. The van der Waals surface area contributed by atoms with Crippen molar-refractivity contribution in [3.8, 4) is 0 Å². The van der Waals surface area contributed by atoms with Crippen LogP contribution in [0.3, 0.4) is 0 Å². The van der Waals surface area contributed by atoms with Crippen LogP contribution in [0, 0.1) is 12.7 Å². The number of anilines is 2. The molecule has 0 bridgehead atoms. The quantitative estimate of drug-likeness (QED) is 0.737. The fourth-order valence-electron chi connectivity index (χ4n) is 2.09. The van der Waals surface area contributed by atoms with Crippen LogP contribution >= 0.6 is 11.6 Å². The van der Waals surface area contributed by atoms with E-state index >= 15 is 0 Å². The van der Waals surface area contributed by atoms with Gasteiger partial charge in [0, 0.05) is 18.1 Å². The zero-order valence-corrected chi connectivity index (χ0v) is 11.6. The van der Waals surface area contributed by atoms with Gasteiger partial charge in [0.25, 0.3) is 0 Å². The highest BCUT2D eigenvalue weighted by molar-refractivity contribution is 6.28. The van der Waals surface area contributed by atoms with Crippen LogP contribution in [-0.2, 0) is 7.05 Å². The normalized spacial score (nSPS) is 11.0. The van der Waals surface area contributed by atoms with Crippen molar-refractivity contribution in [3.05, 3.63) is 41.2 Å². The van der Waals surface area contributed by atoms with Gasteiger partial charge in [-0.2, -0.15) is 10.1 Å². The fraction of sp³-hybridized carbons (Fsp3) is 0.154. The van der Waals surface area contributed by atoms with Crippen molar-refractivity contribution in [2.45, 2.75) is 6.92 Å². The van der Waals surface area contributed by atoms with Crippen molar-refractivity contribution in [3.63, 3.8) is 0 Å². The maximum Gasteiger partial charge on any atom is 0.224 e. The molecular formula is C13H11ClFN5. The van der Waals surface area contributed by atoms with Gasteiger partial charge in [0.05, 0.1) is 17.4 Å². The lowest BCUT2D eigenvalue weighted by atomic mass is 10.2. The third-order valence-corrected chi connectivity index (χ3v) is 3.20. The Morgan fingerprint density at radius 1 is 1.35 bits per heavy atom. The van der Waals surface area contributed by atoms with Crippen molar-refractivity contribution >= 4 is 34.0 Å². The van der Waals surface area contributed by atoms with E-state index in [2.05, 4.69) is 20.4 Å². The van der Waals surface area contributed by atoms with Crippen LogP contribution in [0.1, 0.15) is 5.69 Å². The van der Waals surface area contributed by atoms with Crippen LogP contribution in [0.25, 0.3) is 10.9 Å². The molecule has 0 unspecified atom stereocenters. The van der Waals surface area contributed by atoms with Crippen LogP contribution in [0.15, 0.2) is 24.4 Å². The monoisotopic (exact) mass is 291 g/mol. The molecule has 1 N–H and O–H groups in total. The van der Waals surface area contributed by atoms with Gasteiger partial charge in [-0.25, -0.2) is 9.37 Å². The number of benzene rings is 1. The molecule has 102 valence electrons. The van der Waals surface area contributed by atoms with Gasteiger partial charge >= 0.3 is 0 Å². The molecule has 0 fully saturated rings. The van der Waals surface area contributed by atoms with Gasteiger partial charge in [-0.15, -0.1) is 0 Å². The molecule has 2 heterocycles. The highest BCUT2D eigenvalue weighted by Crippen LogP contribution is 2.24. The van der Waals surface area contributed by atoms with Gasteiger partial charge in [0.2, 0.25) is 5.28 Å². The summed E-state index contributed by atoms with van der Waals surface area (Å²) in [5.74, 6) is -0.515. The molecule has 1 aromatic carbocycles. The lowest BCUT2D eigenvalue weighted by Gasteiger charge is -2.07. The van der Waals surface area contributed by atoms with Crippen LogP contribution in [0.4, 0.5) is 15.9 Å². The molecule has 0 spiro atoms. The summed E-state index contributed by atoms with van der Waals surface area (Å²) >= 11 is 5.66. The number of halogens is 2. The molecule has 3 rings (SSSR count). The van der Waals surface area contributed by atoms with Crippen LogP contribution < -0.4 is 5.32 Å². The van der Waals surface area contributed by atoms with E-state index in [-0.39, 0.29) is 11.1 Å². The second-order valence-electron chi connectivity index (χ2n) is 4.40. The van der Waals surface area contributed by atoms with Crippen molar-refractivity contribution in [1.82, 2.24) is 19.7 Å². The Hall–Kier alpha value is -2.21. The third-order valence-electron chi connectivity index (χ3n) is 3.01. The number of nitrogens with one attached hydrogen (secondary N) is 1. The molecular weight excluding hydrogens is 281 g/mol. The van der Waals surface area contributed by atoms with Crippen molar-refractivity contribution in [2.24, 2.45) is 7.05 Å². The fourth-order valence-corrected chi connectivity index (χ4v) is 2.22. The second kappa shape index (κ2) is 4.72. The summed E-state index contributed by atoms with van der Waals surface area (Å²) in [6, 6.07) is 5.65. The summed E-state index contributed by atoms with van der Waals surface area (Å²) in [7, 11) is 1.86. The summed E-state index contributed by atoms with van der Waals surface area (Å²) in [4.78, 5) is 7.40. The first kappa shape index (κ1) is 12.8. The molecule has 0 radical (unpaired) electrons. The number of hydrogen-bond donors (Lipinski definition) is 1. The smallest absolute Gasteiger partial charge is 0.224 e. The number of nitrogens with zero attached hydrogens (tertiary/aromatic N) is 4. The molecule has 0 amide bonds. The zero-order chi connectivity index (χ0) is 14.3. The average Bonchev–Trinajstić information content (AvgIpc) is 2.69. The van der Waals surface area contributed by atoms with Crippen LogP contribution in [0.2, 0.25) is 5.28 Å². The predicted octanol–water partition coefficient (Wildman–Crippen LogP) is 3.21. The first-order chi connectivity index (χ1) is 9.54. The lowest BCUT2D eigenvalue weighted by Crippen LogP contribution is -1.99. The highest BCUT2D eigenvalue weighted by Gasteiger charge is 2.09. The summed E-state index contributed by atoms with van der Waals surface area (Å²) in [6.45, 7) is 1.94. The van der Waals surface area contributed by atoms with Crippen molar-refractivity contribution < 1.29 is 4.39 Å². The zero-order valence-electron chi connectivity index (χ0n) is 10.9. The number of rotatable bonds is 2.